The van der Waals surface area contributed by atoms with Crippen molar-refractivity contribution in [1.82, 2.24) is 15.0 Å². The number of aromatic nitrogens is 2. The van der Waals surface area contributed by atoms with Crippen LogP contribution in [0.15, 0.2) is 53.1 Å². The first-order valence-electron chi connectivity index (χ1n) is 12.4. The van der Waals surface area contributed by atoms with E-state index in [0.717, 1.165) is 24.2 Å². The summed E-state index contributed by atoms with van der Waals surface area (Å²) in [5.41, 5.74) is 0.907. The predicted molar refractivity (Wildman–Crippen MR) is 133 cm³/mol. The molecular weight excluding hydrogens is 442 g/mol. The zero-order chi connectivity index (χ0) is 24.8. The zero-order valence-electron chi connectivity index (χ0n) is 21.0. The maximum Gasteiger partial charge on any atom is 0.258 e. The fourth-order valence-corrected chi connectivity index (χ4v) is 5.69. The SMILES string of the molecule is CC(C)c1ccc([C@](O)(c2cccc(-c3nc(C4(O)CCOCC4)no3)c2)C2(C)CN(C)C2)cc1. The van der Waals surface area contributed by atoms with E-state index in [1.165, 1.54) is 5.56 Å². The summed E-state index contributed by atoms with van der Waals surface area (Å²) in [6.45, 7) is 8.96. The maximum atomic E-state index is 12.5. The van der Waals surface area contributed by atoms with Gasteiger partial charge in [0.15, 0.2) is 0 Å². The Morgan fingerprint density at radius 1 is 1.03 bits per heavy atom. The van der Waals surface area contributed by atoms with E-state index < -0.39 is 11.2 Å². The van der Waals surface area contributed by atoms with Gasteiger partial charge in [-0.15, -0.1) is 0 Å². The number of hydrogen-bond acceptors (Lipinski definition) is 7. The third kappa shape index (κ3) is 4.10. The fourth-order valence-electron chi connectivity index (χ4n) is 5.69. The Labute approximate surface area is 206 Å². The molecule has 0 unspecified atom stereocenters. The predicted octanol–water partition coefficient (Wildman–Crippen LogP) is 4.05. The van der Waals surface area contributed by atoms with E-state index in [2.05, 4.69) is 67.1 Å². The van der Waals surface area contributed by atoms with E-state index >= 15 is 0 Å². The van der Waals surface area contributed by atoms with Crippen LogP contribution in [-0.2, 0) is 15.9 Å². The van der Waals surface area contributed by atoms with Gasteiger partial charge >= 0.3 is 0 Å². The van der Waals surface area contributed by atoms with Crippen molar-refractivity contribution < 1.29 is 19.5 Å². The third-order valence-corrected chi connectivity index (χ3v) is 7.80. The van der Waals surface area contributed by atoms with Crippen LogP contribution in [0.25, 0.3) is 11.5 Å². The molecule has 2 fully saturated rings. The first-order chi connectivity index (χ1) is 16.6. The van der Waals surface area contributed by atoms with Crippen LogP contribution in [0.5, 0.6) is 0 Å². The van der Waals surface area contributed by atoms with Crippen LogP contribution in [0.3, 0.4) is 0 Å². The van der Waals surface area contributed by atoms with Crippen molar-refractivity contribution in [3.63, 3.8) is 0 Å². The summed E-state index contributed by atoms with van der Waals surface area (Å²) in [5.74, 6) is 1.03. The molecule has 3 aromatic rings. The molecule has 2 aliphatic heterocycles. The number of rotatable bonds is 6. The summed E-state index contributed by atoms with van der Waals surface area (Å²) in [6.07, 6.45) is 0.869. The lowest BCUT2D eigenvalue weighted by Crippen LogP contribution is -2.63. The molecule has 35 heavy (non-hydrogen) atoms. The highest BCUT2D eigenvalue weighted by Gasteiger charge is 2.55. The quantitative estimate of drug-likeness (QED) is 0.553. The second kappa shape index (κ2) is 8.82. The summed E-state index contributed by atoms with van der Waals surface area (Å²) in [4.78, 5) is 6.76. The van der Waals surface area contributed by atoms with Gasteiger partial charge in [-0.05, 0) is 41.8 Å². The number of hydrogen-bond donors (Lipinski definition) is 2. The van der Waals surface area contributed by atoms with Gasteiger partial charge in [0, 0.05) is 50.1 Å². The Hall–Kier alpha value is -2.58. The molecule has 0 aliphatic carbocycles. The molecular formula is C28H35N3O4. The van der Waals surface area contributed by atoms with E-state index in [0.29, 0.717) is 43.4 Å². The van der Waals surface area contributed by atoms with Crippen LogP contribution in [0.1, 0.15) is 62.0 Å². The summed E-state index contributed by atoms with van der Waals surface area (Å²) in [6, 6.07) is 16.0. The standard InChI is InChI=1S/C28H35N3O4/c1-19(2)20-8-10-22(11-9-20)28(33,26(3)17-31(4)18-26)23-7-5-6-21(16-23)24-29-25(30-35-24)27(32)12-14-34-15-13-27/h5-11,16,19,32-33H,12-15,17-18H2,1-4H3/t28-/m0/s1. The minimum atomic E-state index is -1.20. The molecule has 2 N–H and O–H groups in total. The minimum Gasteiger partial charge on any atom is -0.382 e. The second-order valence-electron chi connectivity index (χ2n) is 10.9. The lowest BCUT2D eigenvalue weighted by molar-refractivity contribution is -0.127. The summed E-state index contributed by atoms with van der Waals surface area (Å²) in [5, 5.41) is 27.5. The largest absolute Gasteiger partial charge is 0.382 e. The van der Waals surface area contributed by atoms with Crippen molar-refractivity contribution in [2.75, 3.05) is 33.4 Å². The molecule has 3 heterocycles. The monoisotopic (exact) mass is 477 g/mol. The van der Waals surface area contributed by atoms with Gasteiger partial charge in [0.2, 0.25) is 5.82 Å². The summed E-state index contributed by atoms with van der Waals surface area (Å²) >= 11 is 0. The van der Waals surface area contributed by atoms with Crippen molar-refractivity contribution in [2.24, 2.45) is 5.41 Å². The molecule has 0 saturated carbocycles. The van der Waals surface area contributed by atoms with Gasteiger partial charge in [-0.1, -0.05) is 62.3 Å². The molecule has 2 aromatic carbocycles. The molecule has 7 nitrogen and oxygen atoms in total. The lowest BCUT2D eigenvalue weighted by atomic mass is 9.62. The normalized spacial score (nSPS) is 21.5. The average molecular weight is 478 g/mol. The molecule has 186 valence electrons. The van der Waals surface area contributed by atoms with Gasteiger partial charge in [0.1, 0.15) is 11.2 Å². The molecule has 0 spiro atoms. The fraction of sp³-hybridized carbons (Fsp3) is 0.500. The molecule has 1 atom stereocenters. The van der Waals surface area contributed by atoms with Crippen molar-refractivity contribution in [3.05, 3.63) is 71.0 Å². The minimum absolute atomic E-state index is 0.285. The Balaban J connectivity index is 1.54. The van der Waals surface area contributed by atoms with Crippen LogP contribution in [-0.4, -0.2) is 58.6 Å². The second-order valence-corrected chi connectivity index (χ2v) is 10.9. The van der Waals surface area contributed by atoms with Crippen molar-refractivity contribution in [1.29, 1.82) is 0 Å². The van der Waals surface area contributed by atoms with Crippen LogP contribution in [0.4, 0.5) is 0 Å². The molecule has 0 radical (unpaired) electrons. The van der Waals surface area contributed by atoms with Gasteiger partial charge in [0.25, 0.3) is 5.89 Å². The average Bonchev–Trinajstić information content (AvgIpc) is 3.35. The van der Waals surface area contributed by atoms with Crippen LogP contribution in [0, 0.1) is 5.41 Å². The van der Waals surface area contributed by atoms with Crippen LogP contribution < -0.4 is 0 Å². The Morgan fingerprint density at radius 3 is 2.34 bits per heavy atom. The summed E-state index contributed by atoms with van der Waals surface area (Å²) < 4.78 is 10.9. The zero-order valence-corrected chi connectivity index (χ0v) is 21.0. The van der Waals surface area contributed by atoms with E-state index in [4.69, 9.17) is 9.26 Å². The Kier molecular flexibility index (Phi) is 6.08. The van der Waals surface area contributed by atoms with Crippen molar-refractivity contribution in [3.8, 4) is 11.5 Å². The Morgan fingerprint density at radius 2 is 1.71 bits per heavy atom. The van der Waals surface area contributed by atoms with Crippen LogP contribution >= 0.6 is 0 Å². The maximum absolute atomic E-state index is 12.5. The number of ether oxygens (including phenoxy) is 1. The van der Waals surface area contributed by atoms with Crippen molar-refractivity contribution >= 4 is 0 Å². The van der Waals surface area contributed by atoms with E-state index in [9.17, 15) is 10.2 Å². The number of aliphatic hydroxyl groups is 2. The van der Waals surface area contributed by atoms with Crippen LogP contribution in [0.2, 0.25) is 0 Å². The van der Waals surface area contributed by atoms with Gasteiger partial charge in [-0.3, -0.25) is 0 Å². The van der Waals surface area contributed by atoms with E-state index in [-0.39, 0.29) is 11.2 Å². The van der Waals surface area contributed by atoms with Gasteiger partial charge < -0.3 is 24.4 Å². The van der Waals surface area contributed by atoms with E-state index in [1.54, 1.807) is 0 Å². The van der Waals surface area contributed by atoms with Crippen molar-refractivity contribution in [2.45, 2.75) is 50.7 Å². The molecule has 2 aliphatic rings. The molecule has 0 amide bonds. The molecule has 5 rings (SSSR count). The highest BCUT2D eigenvalue weighted by molar-refractivity contribution is 5.57. The molecule has 0 bridgehead atoms. The highest BCUT2D eigenvalue weighted by Crippen LogP contribution is 2.50. The highest BCUT2D eigenvalue weighted by atomic mass is 16.5. The number of benzene rings is 2. The number of likely N-dealkylation sites (tertiary alicyclic amines) is 1. The number of nitrogens with zero attached hydrogens (tertiary/aromatic N) is 3. The Bertz CT molecular complexity index is 1180. The third-order valence-electron chi connectivity index (χ3n) is 7.80. The molecule has 7 heteroatoms. The molecule has 1 aromatic heterocycles. The first-order valence-corrected chi connectivity index (χ1v) is 12.4. The lowest BCUT2D eigenvalue weighted by Gasteiger charge is -2.56. The van der Waals surface area contributed by atoms with E-state index in [1.807, 2.05) is 24.3 Å². The van der Waals surface area contributed by atoms with Gasteiger partial charge in [0.05, 0.1) is 0 Å². The summed E-state index contributed by atoms with van der Waals surface area (Å²) in [7, 11) is 2.07. The van der Waals surface area contributed by atoms with Gasteiger partial charge in [-0.2, -0.15) is 4.98 Å². The molecule has 2 saturated heterocycles. The smallest absolute Gasteiger partial charge is 0.258 e. The van der Waals surface area contributed by atoms with Gasteiger partial charge in [-0.25, -0.2) is 0 Å². The first kappa shape index (κ1) is 24.1. The topological polar surface area (TPSA) is 91.9 Å².